The Kier molecular flexibility index (Phi) is 3.32. The second kappa shape index (κ2) is 4.37. The predicted octanol–water partition coefficient (Wildman–Crippen LogP) is 1.51. The fourth-order valence-corrected chi connectivity index (χ4v) is 1.13. The minimum atomic E-state index is -1.30. The number of amides is 1. The third-order valence-corrected chi connectivity index (χ3v) is 2.22. The zero-order valence-electron chi connectivity index (χ0n) is 9.34. The van der Waals surface area contributed by atoms with Gasteiger partial charge in [0.2, 0.25) is 5.91 Å². The van der Waals surface area contributed by atoms with Crippen LogP contribution in [0.25, 0.3) is 0 Å². The number of hydrogen-bond acceptors (Lipinski definition) is 3. The van der Waals surface area contributed by atoms with Gasteiger partial charge in [0.25, 0.3) is 0 Å². The predicted molar refractivity (Wildman–Crippen MR) is 58.0 cm³/mol. The Balaban J connectivity index is 3.17. The smallest absolute Gasteiger partial charge is 0.242 e. The van der Waals surface area contributed by atoms with Crippen molar-refractivity contribution >= 4 is 11.6 Å². The minimum Gasteiger partial charge on any atom is -0.368 e. The van der Waals surface area contributed by atoms with Crippen molar-refractivity contribution in [2.75, 3.05) is 5.32 Å². The molecule has 0 aliphatic rings. The summed E-state index contributed by atoms with van der Waals surface area (Å²) in [5.41, 5.74) is 3.16. The lowest BCUT2D eigenvalue weighted by Crippen LogP contribution is -2.45. The number of nitriles is 1. The van der Waals surface area contributed by atoms with Crippen LogP contribution in [0.2, 0.25) is 0 Å². The lowest BCUT2D eigenvalue weighted by Gasteiger charge is -2.24. The second-order valence-corrected chi connectivity index (χ2v) is 4.04. The molecule has 90 valence electrons. The fourth-order valence-electron chi connectivity index (χ4n) is 1.13. The number of halogens is 2. The molecule has 0 saturated carbocycles. The Morgan fingerprint density at radius 2 is 1.88 bits per heavy atom. The Morgan fingerprint density at radius 1 is 1.41 bits per heavy atom. The number of carbonyl (C=O) groups excluding carboxylic acids is 1. The number of carbonyl (C=O) groups is 1. The summed E-state index contributed by atoms with van der Waals surface area (Å²) >= 11 is 0. The molecule has 4 nitrogen and oxygen atoms in total. The molecule has 0 unspecified atom stereocenters. The molecule has 0 aliphatic heterocycles. The third kappa shape index (κ3) is 2.69. The van der Waals surface area contributed by atoms with Crippen molar-refractivity contribution in [3.63, 3.8) is 0 Å². The van der Waals surface area contributed by atoms with E-state index in [-0.39, 0.29) is 5.56 Å². The number of benzene rings is 1. The molecule has 6 heteroatoms. The van der Waals surface area contributed by atoms with E-state index in [9.17, 15) is 13.6 Å². The molecular weight excluding hydrogens is 228 g/mol. The standard InChI is InChI=1S/C11H11F2N3O/c1-11(2,10(15)17)16-9-7(12)3-6(5-14)4-8(9)13/h3-4,16H,1-2H3,(H2,15,17). The van der Waals surface area contributed by atoms with Crippen LogP contribution in [0.3, 0.4) is 0 Å². The summed E-state index contributed by atoms with van der Waals surface area (Å²) < 4.78 is 27.0. The van der Waals surface area contributed by atoms with E-state index in [4.69, 9.17) is 11.0 Å². The van der Waals surface area contributed by atoms with Crippen molar-refractivity contribution in [2.45, 2.75) is 19.4 Å². The van der Waals surface area contributed by atoms with Crippen LogP contribution in [0.4, 0.5) is 14.5 Å². The Hall–Kier alpha value is -2.16. The molecule has 0 saturated heterocycles. The Labute approximate surface area is 97.0 Å². The number of rotatable bonds is 3. The van der Waals surface area contributed by atoms with Crippen LogP contribution in [-0.2, 0) is 4.79 Å². The second-order valence-electron chi connectivity index (χ2n) is 4.04. The highest BCUT2D eigenvalue weighted by atomic mass is 19.1. The molecule has 0 heterocycles. The quantitative estimate of drug-likeness (QED) is 0.839. The lowest BCUT2D eigenvalue weighted by molar-refractivity contribution is -0.121. The number of hydrogen-bond donors (Lipinski definition) is 2. The highest BCUT2D eigenvalue weighted by molar-refractivity contribution is 5.87. The van der Waals surface area contributed by atoms with Gasteiger partial charge in [-0.25, -0.2) is 8.78 Å². The SMILES string of the molecule is CC(C)(Nc1c(F)cc(C#N)cc1F)C(N)=O. The van der Waals surface area contributed by atoms with E-state index >= 15 is 0 Å². The maximum Gasteiger partial charge on any atom is 0.242 e. The van der Waals surface area contributed by atoms with Gasteiger partial charge in [0.05, 0.1) is 11.6 Å². The van der Waals surface area contributed by atoms with E-state index < -0.39 is 28.8 Å². The van der Waals surface area contributed by atoms with Gasteiger partial charge in [-0.05, 0) is 26.0 Å². The van der Waals surface area contributed by atoms with Gasteiger partial charge < -0.3 is 11.1 Å². The summed E-state index contributed by atoms with van der Waals surface area (Å²) in [6.07, 6.45) is 0. The van der Waals surface area contributed by atoms with Gasteiger partial charge in [-0.2, -0.15) is 5.26 Å². The first kappa shape index (κ1) is 12.9. The summed E-state index contributed by atoms with van der Waals surface area (Å²) in [7, 11) is 0. The first-order valence-corrected chi connectivity index (χ1v) is 4.75. The molecule has 0 aliphatic carbocycles. The van der Waals surface area contributed by atoms with Crippen molar-refractivity contribution in [1.82, 2.24) is 0 Å². The molecule has 1 amide bonds. The third-order valence-electron chi connectivity index (χ3n) is 2.22. The number of nitrogens with two attached hydrogens (primary N) is 1. The molecule has 17 heavy (non-hydrogen) atoms. The maximum absolute atomic E-state index is 13.5. The fraction of sp³-hybridized carbons (Fsp3) is 0.273. The van der Waals surface area contributed by atoms with Crippen LogP contribution in [0.15, 0.2) is 12.1 Å². The molecule has 3 N–H and O–H groups in total. The minimum absolute atomic E-state index is 0.137. The monoisotopic (exact) mass is 239 g/mol. The van der Waals surface area contributed by atoms with Crippen LogP contribution in [0.5, 0.6) is 0 Å². The topological polar surface area (TPSA) is 78.9 Å². The highest BCUT2D eigenvalue weighted by Crippen LogP contribution is 2.23. The van der Waals surface area contributed by atoms with Gasteiger partial charge in [0, 0.05) is 0 Å². The van der Waals surface area contributed by atoms with E-state index in [0.29, 0.717) is 0 Å². The Bertz CT molecular complexity index is 483. The van der Waals surface area contributed by atoms with Crippen LogP contribution < -0.4 is 11.1 Å². The Morgan fingerprint density at radius 3 is 2.24 bits per heavy atom. The van der Waals surface area contributed by atoms with Crippen LogP contribution in [0.1, 0.15) is 19.4 Å². The van der Waals surface area contributed by atoms with E-state index in [2.05, 4.69) is 5.32 Å². The van der Waals surface area contributed by atoms with Crippen LogP contribution in [-0.4, -0.2) is 11.4 Å². The van der Waals surface area contributed by atoms with E-state index in [1.165, 1.54) is 13.8 Å². The molecule has 0 radical (unpaired) electrons. The van der Waals surface area contributed by atoms with E-state index in [1.54, 1.807) is 6.07 Å². The van der Waals surface area contributed by atoms with Crippen molar-refractivity contribution in [2.24, 2.45) is 5.73 Å². The summed E-state index contributed by atoms with van der Waals surface area (Å²) in [6.45, 7) is 2.79. The number of anilines is 1. The van der Waals surface area contributed by atoms with E-state index in [0.717, 1.165) is 12.1 Å². The summed E-state index contributed by atoms with van der Waals surface area (Å²) in [5.74, 6) is -2.65. The molecule has 1 rings (SSSR count). The number of nitrogens with one attached hydrogen (secondary N) is 1. The van der Waals surface area contributed by atoms with Crippen molar-refractivity contribution < 1.29 is 13.6 Å². The first-order chi connectivity index (χ1) is 7.77. The molecule has 0 aromatic heterocycles. The molecule has 1 aromatic rings. The molecule has 0 bridgehead atoms. The zero-order valence-corrected chi connectivity index (χ0v) is 9.34. The highest BCUT2D eigenvalue weighted by Gasteiger charge is 2.27. The van der Waals surface area contributed by atoms with Gasteiger partial charge in [-0.3, -0.25) is 4.79 Å². The van der Waals surface area contributed by atoms with Crippen molar-refractivity contribution in [1.29, 1.82) is 5.26 Å². The summed E-state index contributed by atoms with van der Waals surface area (Å²) in [5, 5.41) is 10.9. The van der Waals surface area contributed by atoms with Crippen LogP contribution >= 0.6 is 0 Å². The molecule has 0 spiro atoms. The van der Waals surface area contributed by atoms with Crippen molar-refractivity contribution in [3.05, 3.63) is 29.3 Å². The van der Waals surface area contributed by atoms with Gasteiger partial charge in [-0.1, -0.05) is 0 Å². The molecular formula is C11H11F2N3O. The first-order valence-electron chi connectivity index (χ1n) is 4.75. The molecule has 1 aromatic carbocycles. The summed E-state index contributed by atoms with van der Waals surface area (Å²) in [6, 6.07) is 3.38. The summed E-state index contributed by atoms with van der Waals surface area (Å²) in [4.78, 5) is 11.0. The van der Waals surface area contributed by atoms with Gasteiger partial charge in [-0.15, -0.1) is 0 Å². The average molecular weight is 239 g/mol. The molecule has 0 atom stereocenters. The largest absolute Gasteiger partial charge is 0.368 e. The van der Waals surface area contributed by atoms with Gasteiger partial charge in [0.15, 0.2) is 11.6 Å². The normalized spacial score (nSPS) is 10.8. The molecule has 0 fully saturated rings. The van der Waals surface area contributed by atoms with Crippen LogP contribution in [0, 0.1) is 23.0 Å². The van der Waals surface area contributed by atoms with E-state index in [1.807, 2.05) is 0 Å². The van der Waals surface area contributed by atoms with Crippen molar-refractivity contribution in [3.8, 4) is 6.07 Å². The van der Waals surface area contributed by atoms with Gasteiger partial charge in [0.1, 0.15) is 11.2 Å². The number of primary amides is 1. The average Bonchev–Trinajstić information content (AvgIpc) is 2.22. The lowest BCUT2D eigenvalue weighted by atomic mass is 10.0. The zero-order chi connectivity index (χ0) is 13.2. The number of nitrogens with zero attached hydrogens (tertiary/aromatic N) is 1. The maximum atomic E-state index is 13.5. The van der Waals surface area contributed by atoms with Gasteiger partial charge >= 0.3 is 0 Å².